The minimum absolute atomic E-state index is 0.0378. The minimum Gasteiger partial charge on any atom is -0.784 e. The number of halogens is 1. The van der Waals surface area contributed by atoms with E-state index in [-0.39, 0.29) is 5.92 Å². The van der Waals surface area contributed by atoms with Crippen molar-refractivity contribution in [3.05, 3.63) is 5.21 Å². The molecule has 1 aliphatic heterocycles. The Kier molecular flexibility index (Phi) is 1.96. The number of alkyl halides is 1. The van der Waals surface area contributed by atoms with Crippen LogP contribution in [-0.4, -0.2) is 28.3 Å². The summed E-state index contributed by atoms with van der Waals surface area (Å²) in [6.45, 7) is 2.01. The molecule has 3 nitrogen and oxygen atoms in total. The number of hydroxylamine groups is 2. The van der Waals surface area contributed by atoms with Gasteiger partial charge in [0.15, 0.2) is 0 Å². The molecule has 1 heterocycles. The molecule has 0 aromatic heterocycles. The Hall–Kier alpha value is 0.170. The van der Waals surface area contributed by atoms with Gasteiger partial charge in [-0.1, -0.05) is 0 Å². The summed E-state index contributed by atoms with van der Waals surface area (Å²) in [7, 11) is 0. The molecular formula is C5H9ClNO2-. The lowest BCUT2D eigenvalue weighted by molar-refractivity contribution is 0.0131. The minimum atomic E-state index is -0.509. The molecule has 54 valence electrons. The first-order valence-corrected chi connectivity index (χ1v) is 3.32. The Morgan fingerprint density at radius 2 is 2.44 bits per heavy atom. The van der Waals surface area contributed by atoms with Crippen LogP contribution >= 0.6 is 11.6 Å². The van der Waals surface area contributed by atoms with E-state index >= 15 is 0 Å². The summed E-state index contributed by atoms with van der Waals surface area (Å²) in [5.41, 5.74) is -0.509. The molecule has 0 bridgehead atoms. The fourth-order valence-electron chi connectivity index (χ4n) is 0.853. The first-order valence-electron chi connectivity index (χ1n) is 2.89. The molecule has 0 amide bonds. The van der Waals surface area contributed by atoms with Crippen molar-refractivity contribution in [2.24, 2.45) is 5.92 Å². The number of aliphatic hydroxyl groups excluding tert-OH is 1. The Morgan fingerprint density at radius 3 is 2.56 bits per heavy atom. The molecule has 1 N–H and O–H groups in total. The van der Waals surface area contributed by atoms with Crippen LogP contribution in [0.5, 0.6) is 0 Å². The van der Waals surface area contributed by atoms with Crippen LogP contribution in [0.1, 0.15) is 6.92 Å². The second-order valence-corrected chi connectivity index (χ2v) is 2.82. The fraction of sp³-hybridized carbons (Fsp3) is 1.00. The predicted molar refractivity (Wildman–Crippen MR) is 34.9 cm³/mol. The van der Waals surface area contributed by atoms with Gasteiger partial charge in [-0.15, -0.1) is 11.6 Å². The van der Waals surface area contributed by atoms with E-state index < -0.39 is 11.6 Å². The van der Waals surface area contributed by atoms with Crippen LogP contribution in [0.3, 0.4) is 0 Å². The summed E-state index contributed by atoms with van der Waals surface area (Å²) in [4.78, 5) is 0. The normalized spacial score (nSPS) is 40.0. The van der Waals surface area contributed by atoms with Crippen LogP contribution in [0.4, 0.5) is 0 Å². The highest BCUT2D eigenvalue weighted by molar-refractivity contribution is 6.21. The maximum atomic E-state index is 10.4. The Balaban J connectivity index is 2.33. The van der Waals surface area contributed by atoms with Crippen LogP contribution in [0, 0.1) is 11.1 Å². The van der Waals surface area contributed by atoms with E-state index in [1.54, 1.807) is 6.92 Å². The Labute approximate surface area is 58.8 Å². The molecule has 0 spiro atoms. The topological polar surface area (TPSA) is 46.5 Å². The third kappa shape index (κ3) is 1.19. The molecule has 1 saturated heterocycles. The highest BCUT2D eigenvalue weighted by Crippen LogP contribution is 2.29. The van der Waals surface area contributed by atoms with Gasteiger partial charge in [0, 0.05) is 5.92 Å². The van der Waals surface area contributed by atoms with E-state index in [1.165, 1.54) is 0 Å². The zero-order valence-electron chi connectivity index (χ0n) is 5.12. The number of hydrogen-bond donors (Lipinski definition) is 1. The summed E-state index contributed by atoms with van der Waals surface area (Å²) in [6, 6.07) is 0. The van der Waals surface area contributed by atoms with E-state index in [9.17, 15) is 5.21 Å². The van der Waals surface area contributed by atoms with Crippen LogP contribution in [0.2, 0.25) is 0 Å². The van der Waals surface area contributed by atoms with E-state index in [1.807, 2.05) is 0 Å². The monoisotopic (exact) mass is 150 g/mol. The van der Waals surface area contributed by atoms with Gasteiger partial charge in [0.1, 0.15) is 0 Å². The van der Waals surface area contributed by atoms with Gasteiger partial charge in [0.25, 0.3) is 0 Å². The zero-order chi connectivity index (χ0) is 7.02. The van der Waals surface area contributed by atoms with Crippen molar-refractivity contribution >= 4 is 11.6 Å². The van der Waals surface area contributed by atoms with Crippen LogP contribution in [-0.2, 0) is 0 Å². The molecule has 0 aliphatic carbocycles. The number of rotatable bonds is 1. The quantitative estimate of drug-likeness (QED) is 0.434. The van der Waals surface area contributed by atoms with Crippen molar-refractivity contribution in [3.63, 3.8) is 0 Å². The predicted octanol–water partition coefficient (Wildman–Crippen LogP) is 0.362. The van der Waals surface area contributed by atoms with Crippen molar-refractivity contribution in [3.8, 4) is 0 Å². The van der Waals surface area contributed by atoms with Crippen molar-refractivity contribution in [1.82, 2.24) is 5.06 Å². The molecule has 1 rings (SSSR count). The molecule has 3 atom stereocenters. The molecule has 9 heavy (non-hydrogen) atoms. The summed E-state index contributed by atoms with van der Waals surface area (Å²) >= 11 is 5.51. The van der Waals surface area contributed by atoms with Gasteiger partial charge in [-0.05, 0) is 13.5 Å². The summed E-state index contributed by atoms with van der Waals surface area (Å²) in [5.74, 6) is -0.0378. The van der Waals surface area contributed by atoms with Gasteiger partial charge in [-0.25, -0.2) is 0 Å². The lowest BCUT2D eigenvalue weighted by Gasteiger charge is -2.50. The lowest BCUT2D eigenvalue weighted by Crippen LogP contribution is -2.53. The van der Waals surface area contributed by atoms with Gasteiger partial charge < -0.3 is 15.4 Å². The van der Waals surface area contributed by atoms with Crippen molar-refractivity contribution in [1.29, 1.82) is 0 Å². The smallest absolute Gasteiger partial charge is 0.0802 e. The maximum Gasteiger partial charge on any atom is 0.0802 e. The third-order valence-corrected chi connectivity index (χ3v) is 2.18. The van der Waals surface area contributed by atoms with Gasteiger partial charge in [0.2, 0.25) is 0 Å². The second kappa shape index (κ2) is 2.42. The maximum absolute atomic E-state index is 10.4. The zero-order valence-corrected chi connectivity index (χ0v) is 5.88. The fourth-order valence-corrected chi connectivity index (χ4v) is 1.22. The van der Waals surface area contributed by atoms with E-state index in [0.717, 1.165) is 5.06 Å². The Bertz CT molecular complexity index is 109. The highest BCUT2D eigenvalue weighted by Gasteiger charge is 2.34. The molecular weight excluding hydrogens is 142 g/mol. The average Bonchev–Trinajstić information content (AvgIpc) is 1.81. The lowest BCUT2D eigenvalue weighted by atomic mass is 9.97. The first kappa shape index (κ1) is 7.28. The molecule has 0 aromatic rings. The van der Waals surface area contributed by atoms with Gasteiger partial charge in [-0.3, -0.25) is 0 Å². The molecule has 0 aromatic carbocycles. The van der Waals surface area contributed by atoms with E-state index in [0.29, 0.717) is 6.54 Å². The third-order valence-electron chi connectivity index (χ3n) is 1.64. The molecule has 1 aliphatic rings. The highest BCUT2D eigenvalue weighted by atomic mass is 35.5. The summed E-state index contributed by atoms with van der Waals surface area (Å²) in [6.07, 6.45) is -0.460. The molecule has 1 fully saturated rings. The standard InChI is InChI=1S/C5H9ClNO2/c1-3(8)4-2-7(9)5(4)6/h3-5,8H,2H2,1H3/q-1/t3-,4?,5?/m1/s1. The van der Waals surface area contributed by atoms with Crippen molar-refractivity contribution < 1.29 is 5.11 Å². The van der Waals surface area contributed by atoms with E-state index in [4.69, 9.17) is 16.7 Å². The number of nitrogens with zero attached hydrogens (tertiary/aromatic N) is 1. The Morgan fingerprint density at radius 1 is 1.89 bits per heavy atom. The first-order chi connectivity index (χ1) is 4.13. The van der Waals surface area contributed by atoms with Crippen LogP contribution in [0.15, 0.2) is 0 Å². The van der Waals surface area contributed by atoms with E-state index in [2.05, 4.69) is 0 Å². The number of hydrogen-bond acceptors (Lipinski definition) is 3. The largest absolute Gasteiger partial charge is 0.784 e. The van der Waals surface area contributed by atoms with Gasteiger partial charge in [0.05, 0.1) is 11.6 Å². The van der Waals surface area contributed by atoms with Gasteiger partial charge >= 0.3 is 0 Å². The second-order valence-electron chi connectivity index (χ2n) is 2.38. The molecule has 2 unspecified atom stereocenters. The molecule has 4 heteroatoms. The average molecular weight is 151 g/mol. The van der Waals surface area contributed by atoms with Crippen LogP contribution < -0.4 is 0 Å². The van der Waals surface area contributed by atoms with Crippen molar-refractivity contribution in [2.45, 2.75) is 18.5 Å². The van der Waals surface area contributed by atoms with Crippen LogP contribution in [0.25, 0.3) is 0 Å². The summed E-state index contributed by atoms with van der Waals surface area (Å²) in [5, 5.41) is 20.1. The molecule has 0 saturated carbocycles. The summed E-state index contributed by atoms with van der Waals surface area (Å²) < 4.78 is 0. The number of aliphatic hydroxyl groups is 1. The SMILES string of the molecule is C[C@@H](O)C1CN([O-])C1Cl. The molecule has 0 radical (unpaired) electrons. The van der Waals surface area contributed by atoms with Crippen molar-refractivity contribution in [2.75, 3.05) is 6.54 Å². The van der Waals surface area contributed by atoms with Gasteiger partial charge in [-0.2, -0.15) is 0 Å².